The van der Waals surface area contributed by atoms with Gasteiger partial charge in [-0.15, -0.1) is 0 Å². The number of rotatable bonds is 43. The summed E-state index contributed by atoms with van der Waals surface area (Å²) in [5.41, 5.74) is 0. The van der Waals surface area contributed by atoms with Crippen molar-refractivity contribution in [2.45, 2.75) is 230 Å². The molecule has 0 saturated carbocycles. The Morgan fingerprint density at radius 1 is 0.515 bits per heavy atom. The van der Waals surface area contributed by atoms with Gasteiger partial charge in [0.1, 0.15) is 24.4 Å². The van der Waals surface area contributed by atoms with Gasteiger partial charge in [0, 0.05) is 6.42 Å². The van der Waals surface area contributed by atoms with Crippen LogP contribution in [0.3, 0.4) is 0 Å². The van der Waals surface area contributed by atoms with Crippen LogP contribution < -0.4 is 5.32 Å². The fraction of sp³-hybridized carbons (Fsp3) is 0.644. The fourth-order valence-electron chi connectivity index (χ4n) is 7.54. The van der Waals surface area contributed by atoms with Gasteiger partial charge in [0.05, 0.1) is 25.4 Å². The normalized spacial score (nSPS) is 20.6. The maximum atomic E-state index is 13.0. The van der Waals surface area contributed by atoms with Crippen molar-refractivity contribution in [3.05, 3.63) is 122 Å². The predicted molar refractivity (Wildman–Crippen MR) is 285 cm³/mol. The van der Waals surface area contributed by atoms with Crippen molar-refractivity contribution >= 4 is 5.91 Å². The first-order chi connectivity index (χ1) is 33.3. The zero-order chi connectivity index (χ0) is 49.4. The van der Waals surface area contributed by atoms with Crippen LogP contribution in [-0.4, -0.2) is 87.5 Å². The average molecular weight is 948 g/mol. The molecule has 1 aliphatic rings. The Labute approximate surface area is 414 Å². The summed E-state index contributed by atoms with van der Waals surface area (Å²) >= 11 is 0. The number of ether oxygens (including phenoxy) is 2. The number of aliphatic hydroxyl groups excluding tert-OH is 5. The van der Waals surface area contributed by atoms with E-state index in [4.69, 9.17) is 9.47 Å². The second-order valence-electron chi connectivity index (χ2n) is 17.9. The molecule has 0 radical (unpaired) electrons. The van der Waals surface area contributed by atoms with Gasteiger partial charge in [0.25, 0.3) is 0 Å². The molecule has 6 N–H and O–H groups in total. The molecule has 9 nitrogen and oxygen atoms in total. The number of carbonyl (C=O) groups is 1. The van der Waals surface area contributed by atoms with Crippen LogP contribution in [0.5, 0.6) is 0 Å². The fourth-order valence-corrected chi connectivity index (χ4v) is 7.54. The van der Waals surface area contributed by atoms with Crippen LogP contribution in [0.15, 0.2) is 122 Å². The Balaban J connectivity index is 2.22. The third kappa shape index (κ3) is 36.6. The van der Waals surface area contributed by atoms with Crippen LogP contribution in [0, 0.1) is 0 Å². The van der Waals surface area contributed by atoms with E-state index in [0.29, 0.717) is 6.42 Å². The largest absolute Gasteiger partial charge is 0.394 e. The first kappa shape index (κ1) is 62.6. The van der Waals surface area contributed by atoms with Crippen LogP contribution in [0.25, 0.3) is 0 Å². The van der Waals surface area contributed by atoms with E-state index in [1.807, 2.05) is 6.08 Å². The van der Waals surface area contributed by atoms with Gasteiger partial charge in [-0.25, -0.2) is 0 Å². The van der Waals surface area contributed by atoms with Gasteiger partial charge < -0.3 is 40.3 Å². The zero-order valence-electron chi connectivity index (χ0n) is 42.6. The van der Waals surface area contributed by atoms with Crippen molar-refractivity contribution in [3.8, 4) is 0 Å². The highest BCUT2D eigenvalue weighted by atomic mass is 16.7. The first-order valence-electron chi connectivity index (χ1n) is 26.8. The van der Waals surface area contributed by atoms with Crippen LogP contribution >= 0.6 is 0 Å². The molecule has 7 atom stereocenters. The molecule has 68 heavy (non-hydrogen) atoms. The number of aliphatic hydroxyl groups is 5. The topological polar surface area (TPSA) is 149 Å². The average Bonchev–Trinajstić information content (AvgIpc) is 3.34. The first-order valence-corrected chi connectivity index (χ1v) is 26.8. The molecule has 0 aliphatic carbocycles. The molecule has 0 aromatic carbocycles. The van der Waals surface area contributed by atoms with E-state index in [1.54, 1.807) is 6.08 Å². The molecular weight excluding hydrogens is 851 g/mol. The molecule has 1 rings (SSSR count). The van der Waals surface area contributed by atoms with Crippen LogP contribution in [-0.2, 0) is 14.3 Å². The second kappa shape index (κ2) is 47.3. The summed E-state index contributed by atoms with van der Waals surface area (Å²) in [6, 6.07) is -0.834. The summed E-state index contributed by atoms with van der Waals surface area (Å²) in [5, 5.41) is 54.2. The van der Waals surface area contributed by atoms with Crippen molar-refractivity contribution in [2.24, 2.45) is 0 Å². The number of nitrogens with one attached hydrogen (secondary N) is 1. The molecule has 0 aromatic rings. The highest BCUT2D eigenvalue weighted by Gasteiger charge is 2.44. The molecule has 0 spiro atoms. The minimum absolute atomic E-state index is 0.203. The standard InChI is InChI=1S/C59H97NO8/c1-3-5-7-9-11-13-15-17-18-19-20-21-22-23-24-25-26-27-28-29-30-31-32-33-34-35-36-37-39-41-43-45-47-49-55(63)60-52(51-67-59-58(66)57(65)56(64)54(50-61)68-59)53(62)48-46-44-42-40-38-16-14-12-10-8-6-4-2/h5,7,11,13,17-18,20-21,23-24,26-27,29-30,32-33,38,40,46,48,52-54,56-59,61-62,64-66H,3-4,6,8-10,12,14-16,19,22,25,28,31,34-37,39,41-45,47,49-51H2,1-2H3,(H,60,63)/b7-5-,13-11-,18-17-,21-20-,24-23-,27-26-,30-29-,33-32-,40-38+,48-46+. The Kier molecular flexibility index (Phi) is 43.5. The van der Waals surface area contributed by atoms with Crippen LogP contribution in [0.1, 0.15) is 187 Å². The number of hydrogen-bond donors (Lipinski definition) is 6. The number of unbranched alkanes of at least 4 members (excludes halogenated alkanes) is 15. The second-order valence-corrected chi connectivity index (χ2v) is 17.9. The molecule has 9 heteroatoms. The van der Waals surface area contributed by atoms with Gasteiger partial charge in [-0.3, -0.25) is 4.79 Å². The molecule has 1 amide bonds. The molecule has 386 valence electrons. The minimum Gasteiger partial charge on any atom is -0.394 e. The van der Waals surface area contributed by atoms with Gasteiger partial charge >= 0.3 is 0 Å². The molecule has 1 aliphatic heterocycles. The summed E-state index contributed by atoms with van der Waals surface area (Å²) in [5.74, 6) is -0.203. The number of hydrogen-bond acceptors (Lipinski definition) is 8. The molecule has 1 heterocycles. The molecule has 0 aromatic heterocycles. The smallest absolute Gasteiger partial charge is 0.220 e. The van der Waals surface area contributed by atoms with E-state index in [0.717, 1.165) is 103 Å². The lowest BCUT2D eigenvalue weighted by Gasteiger charge is -2.40. The van der Waals surface area contributed by atoms with E-state index in [9.17, 15) is 30.3 Å². The van der Waals surface area contributed by atoms with Gasteiger partial charge in [-0.2, -0.15) is 0 Å². The van der Waals surface area contributed by atoms with Crippen molar-refractivity contribution in [1.82, 2.24) is 5.32 Å². The Morgan fingerprint density at radius 3 is 1.41 bits per heavy atom. The van der Waals surface area contributed by atoms with Gasteiger partial charge in [0.15, 0.2) is 6.29 Å². The number of amides is 1. The van der Waals surface area contributed by atoms with E-state index in [1.165, 1.54) is 64.2 Å². The summed E-state index contributed by atoms with van der Waals surface area (Å²) in [7, 11) is 0. The monoisotopic (exact) mass is 948 g/mol. The summed E-state index contributed by atoms with van der Waals surface area (Å²) < 4.78 is 11.2. The van der Waals surface area contributed by atoms with Crippen LogP contribution in [0.4, 0.5) is 0 Å². The van der Waals surface area contributed by atoms with E-state index < -0.39 is 49.5 Å². The van der Waals surface area contributed by atoms with Crippen molar-refractivity contribution < 1.29 is 39.8 Å². The lowest BCUT2D eigenvalue weighted by molar-refractivity contribution is -0.302. The van der Waals surface area contributed by atoms with Crippen LogP contribution in [0.2, 0.25) is 0 Å². The van der Waals surface area contributed by atoms with Crippen molar-refractivity contribution in [2.75, 3.05) is 13.2 Å². The van der Waals surface area contributed by atoms with E-state index >= 15 is 0 Å². The predicted octanol–water partition coefficient (Wildman–Crippen LogP) is 12.8. The zero-order valence-corrected chi connectivity index (χ0v) is 42.6. The SMILES string of the molecule is CC/C=C\C/C=C\C/C=C\C/C=C\C/C=C\C/C=C\C/C=C\C/C=C\CCCCCCCCCCC(=O)NC(COC1OC(CO)C(O)C(O)C1O)C(O)/C=C/CC/C=C/CCCCCCCC. The third-order valence-corrected chi connectivity index (χ3v) is 11.8. The third-order valence-electron chi connectivity index (χ3n) is 11.8. The summed E-state index contributed by atoms with van der Waals surface area (Å²) in [4.78, 5) is 13.0. The molecule has 1 saturated heterocycles. The van der Waals surface area contributed by atoms with Gasteiger partial charge in [0.2, 0.25) is 5.91 Å². The van der Waals surface area contributed by atoms with E-state index in [-0.39, 0.29) is 12.5 Å². The number of carbonyl (C=O) groups excluding carboxylic acids is 1. The molecule has 0 bridgehead atoms. The van der Waals surface area contributed by atoms with Crippen molar-refractivity contribution in [1.29, 1.82) is 0 Å². The Morgan fingerprint density at radius 2 is 0.926 bits per heavy atom. The number of allylic oxidation sites excluding steroid dienone is 19. The highest BCUT2D eigenvalue weighted by Crippen LogP contribution is 2.22. The summed E-state index contributed by atoms with van der Waals surface area (Å²) in [6.07, 6.45) is 64.0. The van der Waals surface area contributed by atoms with E-state index in [2.05, 4.69) is 129 Å². The maximum absolute atomic E-state index is 13.0. The lowest BCUT2D eigenvalue weighted by atomic mass is 9.99. The van der Waals surface area contributed by atoms with Gasteiger partial charge in [-0.1, -0.05) is 206 Å². The van der Waals surface area contributed by atoms with Crippen molar-refractivity contribution in [3.63, 3.8) is 0 Å². The molecular formula is C59H97NO8. The minimum atomic E-state index is -1.58. The van der Waals surface area contributed by atoms with Gasteiger partial charge in [-0.05, 0) is 96.3 Å². The Bertz CT molecular complexity index is 1470. The summed E-state index contributed by atoms with van der Waals surface area (Å²) in [6.45, 7) is 3.60. The molecule has 1 fully saturated rings. The molecule has 7 unspecified atom stereocenters. The Hall–Kier alpha value is -3.41. The maximum Gasteiger partial charge on any atom is 0.220 e. The highest BCUT2D eigenvalue weighted by molar-refractivity contribution is 5.76. The quantitative estimate of drug-likeness (QED) is 0.0261. The lowest BCUT2D eigenvalue weighted by Crippen LogP contribution is -2.60.